The topological polar surface area (TPSA) is 32.7 Å². The second-order valence-corrected chi connectivity index (χ2v) is 5.50. The maximum absolute atomic E-state index is 8.95. The van der Waals surface area contributed by atoms with E-state index in [1.807, 2.05) is 18.2 Å². The minimum absolute atomic E-state index is 0.285. The Morgan fingerprint density at radius 2 is 2.32 bits per heavy atom. The first kappa shape index (κ1) is 14.6. The number of halogens is 1. The molecule has 0 amide bonds. The first-order valence-electron chi connectivity index (χ1n) is 6.92. The van der Waals surface area contributed by atoms with Gasteiger partial charge in [0.25, 0.3) is 0 Å². The number of aliphatic hydroxyl groups is 1. The summed E-state index contributed by atoms with van der Waals surface area (Å²) in [5.41, 5.74) is 1.15. The van der Waals surface area contributed by atoms with Crippen molar-refractivity contribution in [3.63, 3.8) is 0 Å². The van der Waals surface area contributed by atoms with Crippen molar-refractivity contribution in [3.8, 4) is 5.75 Å². The highest BCUT2D eigenvalue weighted by Gasteiger charge is 2.24. The third kappa shape index (κ3) is 3.85. The Morgan fingerprint density at radius 1 is 1.47 bits per heavy atom. The van der Waals surface area contributed by atoms with Crippen LogP contribution in [0.15, 0.2) is 18.2 Å². The third-order valence-electron chi connectivity index (χ3n) is 3.83. The van der Waals surface area contributed by atoms with Gasteiger partial charge in [0.2, 0.25) is 0 Å². The van der Waals surface area contributed by atoms with Gasteiger partial charge in [-0.25, -0.2) is 0 Å². The summed E-state index contributed by atoms with van der Waals surface area (Å²) in [4.78, 5) is 2.48. The molecule has 0 bridgehead atoms. The van der Waals surface area contributed by atoms with E-state index in [4.69, 9.17) is 21.4 Å². The highest BCUT2D eigenvalue weighted by molar-refractivity contribution is 6.31. The van der Waals surface area contributed by atoms with E-state index in [9.17, 15) is 0 Å². The maximum atomic E-state index is 8.95. The van der Waals surface area contributed by atoms with Crippen molar-refractivity contribution in [1.82, 2.24) is 4.90 Å². The minimum Gasteiger partial charge on any atom is -0.497 e. The molecule has 1 heterocycles. The molecule has 0 spiro atoms. The van der Waals surface area contributed by atoms with Crippen LogP contribution in [0.2, 0.25) is 5.02 Å². The fourth-order valence-electron chi connectivity index (χ4n) is 2.76. The zero-order valence-corrected chi connectivity index (χ0v) is 12.2. The van der Waals surface area contributed by atoms with Gasteiger partial charge in [-0.05, 0) is 49.9 Å². The lowest BCUT2D eigenvalue weighted by Gasteiger charge is -2.24. The minimum atomic E-state index is 0.285. The SMILES string of the molecule is COc1ccc(CN2CCC[C@@H]2CCCO)c(Cl)c1. The number of ether oxygens (including phenoxy) is 1. The van der Waals surface area contributed by atoms with Crippen LogP contribution in [0, 0.1) is 0 Å². The lowest BCUT2D eigenvalue weighted by atomic mass is 10.1. The number of likely N-dealkylation sites (tertiary alicyclic amines) is 1. The van der Waals surface area contributed by atoms with Gasteiger partial charge in [-0.3, -0.25) is 4.90 Å². The van der Waals surface area contributed by atoms with E-state index in [-0.39, 0.29) is 6.61 Å². The molecule has 1 aliphatic heterocycles. The highest BCUT2D eigenvalue weighted by Crippen LogP contribution is 2.28. The van der Waals surface area contributed by atoms with Gasteiger partial charge < -0.3 is 9.84 Å². The Morgan fingerprint density at radius 3 is 3.00 bits per heavy atom. The monoisotopic (exact) mass is 283 g/mol. The van der Waals surface area contributed by atoms with Crippen molar-refractivity contribution in [1.29, 1.82) is 0 Å². The molecule has 0 saturated carbocycles. The molecule has 4 heteroatoms. The second-order valence-electron chi connectivity index (χ2n) is 5.09. The first-order chi connectivity index (χ1) is 9.24. The van der Waals surface area contributed by atoms with Crippen LogP contribution in [0.5, 0.6) is 5.75 Å². The molecule has 19 heavy (non-hydrogen) atoms. The van der Waals surface area contributed by atoms with E-state index in [1.54, 1.807) is 7.11 Å². The molecule has 1 aromatic rings. The molecular weight excluding hydrogens is 262 g/mol. The summed E-state index contributed by atoms with van der Waals surface area (Å²) in [6.07, 6.45) is 4.43. The van der Waals surface area contributed by atoms with Crippen molar-refractivity contribution >= 4 is 11.6 Å². The summed E-state index contributed by atoms with van der Waals surface area (Å²) in [5.74, 6) is 0.798. The number of aliphatic hydroxyl groups excluding tert-OH is 1. The Balaban J connectivity index is 1.99. The van der Waals surface area contributed by atoms with Crippen molar-refractivity contribution in [2.45, 2.75) is 38.3 Å². The van der Waals surface area contributed by atoms with Crippen LogP contribution in [0.4, 0.5) is 0 Å². The summed E-state index contributed by atoms with van der Waals surface area (Å²) in [6, 6.07) is 6.46. The summed E-state index contributed by atoms with van der Waals surface area (Å²) < 4.78 is 5.17. The van der Waals surface area contributed by atoms with Crippen LogP contribution >= 0.6 is 11.6 Å². The van der Waals surface area contributed by atoms with Gasteiger partial charge >= 0.3 is 0 Å². The summed E-state index contributed by atoms with van der Waals surface area (Å²) in [6.45, 7) is 2.30. The van der Waals surface area contributed by atoms with Gasteiger partial charge in [0, 0.05) is 24.2 Å². The smallest absolute Gasteiger partial charge is 0.120 e. The Bertz CT molecular complexity index is 411. The Kier molecular flexibility index (Phi) is 5.49. The van der Waals surface area contributed by atoms with Crippen LogP contribution < -0.4 is 4.74 Å². The third-order valence-corrected chi connectivity index (χ3v) is 4.18. The van der Waals surface area contributed by atoms with Crippen molar-refractivity contribution < 1.29 is 9.84 Å². The molecule has 0 aliphatic carbocycles. The molecule has 1 N–H and O–H groups in total. The van der Waals surface area contributed by atoms with Crippen molar-refractivity contribution in [3.05, 3.63) is 28.8 Å². The predicted octanol–water partition coefficient (Wildman–Crippen LogP) is 3.09. The van der Waals surface area contributed by atoms with Crippen LogP contribution in [0.3, 0.4) is 0 Å². The molecule has 1 atom stereocenters. The van der Waals surface area contributed by atoms with Gasteiger partial charge in [0.05, 0.1) is 7.11 Å². The van der Waals surface area contributed by atoms with Crippen LogP contribution in [0.25, 0.3) is 0 Å². The molecule has 2 rings (SSSR count). The van der Waals surface area contributed by atoms with Gasteiger partial charge in [-0.1, -0.05) is 17.7 Å². The lowest BCUT2D eigenvalue weighted by molar-refractivity contribution is 0.210. The quantitative estimate of drug-likeness (QED) is 0.871. The summed E-state index contributed by atoms with van der Waals surface area (Å²) in [5, 5.41) is 9.72. The molecule has 1 aromatic carbocycles. The van der Waals surface area contributed by atoms with Gasteiger partial charge in [0.15, 0.2) is 0 Å². The number of hydrogen-bond acceptors (Lipinski definition) is 3. The van der Waals surface area contributed by atoms with Gasteiger partial charge in [0.1, 0.15) is 5.75 Å². The van der Waals surface area contributed by atoms with E-state index in [2.05, 4.69) is 4.90 Å². The zero-order chi connectivity index (χ0) is 13.7. The van der Waals surface area contributed by atoms with Gasteiger partial charge in [-0.2, -0.15) is 0 Å². The van der Waals surface area contributed by atoms with E-state index in [0.717, 1.165) is 42.3 Å². The molecule has 0 radical (unpaired) electrons. The normalized spacial score (nSPS) is 19.8. The molecule has 0 aromatic heterocycles. The molecule has 0 unspecified atom stereocenters. The maximum Gasteiger partial charge on any atom is 0.120 e. The summed E-state index contributed by atoms with van der Waals surface area (Å²) in [7, 11) is 1.65. The molecule has 1 fully saturated rings. The second kappa shape index (κ2) is 7.13. The van der Waals surface area contributed by atoms with E-state index in [0.29, 0.717) is 6.04 Å². The van der Waals surface area contributed by atoms with Crippen LogP contribution in [0.1, 0.15) is 31.2 Å². The van der Waals surface area contributed by atoms with Crippen molar-refractivity contribution in [2.75, 3.05) is 20.3 Å². The predicted molar refractivity (Wildman–Crippen MR) is 77.8 cm³/mol. The number of rotatable bonds is 6. The largest absolute Gasteiger partial charge is 0.497 e. The van der Waals surface area contributed by atoms with E-state index >= 15 is 0 Å². The Labute approximate surface area is 120 Å². The van der Waals surface area contributed by atoms with Gasteiger partial charge in [-0.15, -0.1) is 0 Å². The molecule has 3 nitrogen and oxygen atoms in total. The van der Waals surface area contributed by atoms with Crippen LogP contribution in [-0.2, 0) is 6.54 Å². The average molecular weight is 284 g/mol. The number of nitrogens with zero attached hydrogens (tertiary/aromatic N) is 1. The average Bonchev–Trinajstić information content (AvgIpc) is 2.86. The Hall–Kier alpha value is -0.770. The zero-order valence-electron chi connectivity index (χ0n) is 11.4. The highest BCUT2D eigenvalue weighted by atomic mass is 35.5. The van der Waals surface area contributed by atoms with E-state index < -0.39 is 0 Å². The standard InChI is InChI=1S/C15H22ClNO2/c1-19-14-7-6-12(15(16)10-14)11-17-8-2-4-13(17)5-3-9-18/h6-7,10,13,18H,2-5,8-9,11H2,1H3/t13-/m1/s1. The number of hydrogen-bond donors (Lipinski definition) is 1. The molecule has 1 saturated heterocycles. The first-order valence-corrected chi connectivity index (χ1v) is 7.29. The van der Waals surface area contributed by atoms with Crippen LogP contribution in [-0.4, -0.2) is 36.3 Å². The lowest BCUT2D eigenvalue weighted by Crippen LogP contribution is -2.29. The van der Waals surface area contributed by atoms with E-state index in [1.165, 1.54) is 12.8 Å². The summed E-state index contributed by atoms with van der Waals surface area (Å²) >= 11 is 6.29. The number of benzene rings is 1. The molecule has 106 valence electrons. The fraction of sp³-hybridized carbons (Fsp3) is 0.600. The number of methoxy groups -OCH3 is 1. The fourth-order valence-corrected chi connectivity index (χ4v) is 2.99. The molecular formula is C15H22ClNO2. The van der Waals surface area contributed by atoms with Crippen molar-refractivity contribution in [2.24, 2.45) is 0 Å². The molecule has 1 aliphatic rings.